The van der Waals surface area contributed by atoms with E-state index in [0.29, 0.717) is 0 Å². The number of carbonyl (C=O) groups excluding carboxylic acids is 1. The third-order valence-corrected chi connectivity index (χ3v) is 2.62. The van der Waals surface area contributed by atoms with Crippen LogP contribution in [0.1, 0.15) is 23.6 Å². The average Bonchev–Trinajstić information content (AvgIpc) is 2.30. The third kappa shape index (κ3) is 3.86. The van der Waals surface area contributed by atoms with Gasteiger partial charge in [-0.3, -0.25) is 4.79 Å². The van der Waals surface area contributed by atoms with Crippen LogP contribution in [0.25, 0.3) is 0 Å². The summed E-state index contributed by atoms with van der Waals surface area (Å²) in [5, 5.41) is 8.09. The fraction of sp³-hybridized carbons (Fsp3) is 0.333. The fourth-order valence-corrected chi connectivity index (χ4v) is 1.71. The van der Waals surface area contributed by atoms with Crippen molar-refractivity contribution >= 4 is 17.6 Å². The van der Waals surface area contributed by atoms with Crippen molar-refractivity contribution in [2.24, 2.45) is 0 Å². The first-order chi connectivity index (χ1) is 8.79. The van der Waals surface area contributed by atoms with Gasteiger partial charge in [-0.05, 0) is 24.6 Å². The van der Waals surface area contributed by atoms with Crippen molar-refractivity contribution in [3.8, 4) is 6.07 Å². The molecule has 0 atom stereocenters. The number of alkyl halides is 3. The Kier molecular flexibility index (Phi) is 4.78. The second-order valence-corrected chi connectivity index (χ2v) is 3.97. The molecule has 19 heavy (non-hydrogen) atoms. The van der Waals surface area contributed by atoms with E-state index in [1.807, 2.05) is 0 Å². The molecule has 0 saturated heterocycles. The van der Waals surface area contributed by atoms with Crippen molar-refractivity contribution in [1.29, 1.82) is 5.26 Å². The van der Waals surface area contributed by atoms with Gasteiger partial charge in [-0.25, -0.2) is 0 Å². The maximum atomic E-state index is 12.7. The van der Waals surface area contributed by atoms with E-state index in [0.717, 1.165) is 12.1 Å². The van der Waals surface area contributed by atoms with Crippen molar-refractivity contribution in [1.82, 2.24) is 0 Å². The molecule has 102 valence electrons. The Morgan fingerprint density at radius 3 is 2.58 bits per heavy atom. The first-order valence-electron chi connectivity index (χ1n) is 5.25. The Morgan fingerprint density at radius 2 is 2.11 bits per heavy atom. The van der Waals surface area contributed by atoms with Crippen LogP contribution in [0, 0.1) is 11.3 Å². The number of carbonyl (C=O) groups is 1. The second-order valence-electron chi connectivity index (χ2n) is 3.60. The van der Waals surface area contributed by atoms with Crippen LogP contribution in [-0.4, -0.2) is 12.6 Å². The van der Waals surface area contributed by atoms with Crippen LogP contribution in [0.3, 0.4) is 0 Å². The van der Waals surface area contributed by atoms with Crippen LogP contribution in [0.4, 0.5) is 13.2 Å². The molecule has 0 aliphatic heterocycles. The number of nitriles is 1. The van der Waals surface area contributed by atoms with Gasteiger partial charge in [-0.2, -0.15) is 18.4 Å². The summed E-state index contributed by atoms with van der Waals surface area (Å²) in [6.45, 7) is 1.71. The van der Waals surface area contributed by atoms with E-state index in [1.165, 1.54) is 0 Å². The molecule has 1 aromatic rings. The number of benzene rings is 1. The Balaban J connectivity index is 3.22. The first kappa shape index (κ1) is 15.3. The lowest BCUT2D eigenvalue weighted by Gasteiger charge is -2.12. The molecule has 1 aromatic carbocycles. The van der Waals surface area contributed by atoms with E-state index >= 15 is 0 Å². The van der Waals surface area contributed by atoms with Gasteiger partial charge in [0, 0.05) is 0 Å². The van der Waals surface area contributed by atoms with Gasteiger partial charge < -0.3 is 4.74 Å². The molecule has 3 nitrogen and oxygen atoms in total. The van der Waals surface area contributed by atoms with Crippen molar-refractivity contribution in [2.75, 3.05) is 6.61 Å². The molecule has 0 spiro atoms. The number of hydrogen-bond donors (Lipinski definition) is 0. The Labute approximate surface area is 112 Å². The fourth-order valence-electron chi connectivity index (χ4n) is 1.45. The molecule has 0 unspecified atom stereocenters. The highest BCUT2D eigenvalue weighted by molar-refractivity contribution is 6.32. The quantitative estimate of drug-likeness (QED) is 0.803. The third-order valence-electron chi connectivity index (χ3n) is 2.21. The highest BCUT2D eigenvalue weighted by Crippen LogP contribution is 2.37. The van der Waals surface area contributed by atoms with Gasteiger partial charge >= 0.3 is 12.1 Å². The van der Waals surface area contributed by atoms with Gasteiger partial charge in [0.15, 0.2) is 0 Å². The summed E-state index contributed by atoms with van der Waals surface area (Å²) in [6.07, 6.45) is -5.03. The summed E-state index contributed by atoms with van der Waals surface area (Å²) >= 11 is 5.50. The van der Waals surface area contributed by atoms with Crippen molar-refractivity contribution in [2.45, 2.75) is 19.5 Å². The lowest BCUT2D eigenvalue weighted by atomic mass is 10.0. The predicted octanol–water partition coefficient (Wildman–Crippen LogP) is 3.34. The molecule has 0 bridgehead atoms. The molecule has 0 radical (unpaired) electrons. The van der Waals surface area contributed by atoms with Crippen molar-refractivity contribution in [3.05, 3.63) is 33.8 Å². The number of ether oxygens (including phenoxy) is 1. The maximum Gasteiger partial charge on any atom is 0.417 e. The summed E-state index contributed by atoms with van der Waals surface area (Å²) in [5.74, 6) is -0.665. The molecular formula is C12H9ClF3NO2. The molecule has 7 heteroatoms. The minimum absolute atomic E-state index is 0.0340. The van der Waals surface area contributed by atoms with Gasteiger partial charge in [0.1, 0.15) is 6.07 Å². The molecule has 0 fully saturated rings. The predicted molar refractivity (Wildman–Crippen MR) is 61.5 cm³/mol. The number of rotatable bonds is 3. The summed E-state index contributed by atoms with van der Waals surface area (Å²) in [7, 11) is 0. The maximum absolute atomic E-state index is 12.7. The first-order valence-corrected chi connectivity index (χ1v) is 5.62. The molecule has 0 aliphatic rings. The lowest BCUT2D eigenvalue weighted by molar-refractivity contribution is -0.142. The van der Waals surface area contributed by atoms with Crippen LogP contribution in [0.2, 0.25) is 5.02 Å². The zero-order valence-electron chi connectivity index (χ0n) is 9.84. The SMILES string of the molecule is CCOC(=O)Cc1cc(C#N)c(Cl)c(C(F)(F)F)c1. The van der Waals surface area contributed by atoms with E-state index in [4.69, 9.17) is 16.9 Å². The Hall–Kier alpha value is -1.74. The van der Waals surface area contributed by atoms with E-state index in [2.05, 4.69) is 4.74 Å². The zero-order valence-corrected chi connectivity index (χ0v) is 10.6. The van der Waals surface area contributed by atoms with Gasteiger partial charge in [0.25, 0.3) is 0 Å². The van der Waals surface area contributed by atoms with Crippen LogP contribution < -0.4 is 0 Å². The summed E-state index contributed by atoms with van der Waals surface area (Å²) in [5.41, 5.74) is -1.42. The monoisotopic (exact) mass is 291 g/mol. The van der Waals surface area contributed by atoms with E-state index in [9.17, 15) is 18.0 Å². The van der Waals surface area contributed by atoms with Gasteiger partial charge in [-0.1, -0.05) is 11.6 Å². The zero-order chi connectivity index (χ0) is 14.6. The van der Waals surface area contributed by atoms with E-state index in [1.54, 1.807) is 13.0 Å². The van der Waals surface area contributed by atoms with Crippen LogP contribution in [-0.2, 0) is 22.1 Å². The molecule has 0 amide bonds. The highest BCUT2D eigenvalue weighted by atomic mass is 35.5. The minimum Gasteiger partial charge on any atom is -0.466 e. The summed E-state index contributed by atoms with van der Waals surface area (Å²) in [6, 6.07) is 3.47. The molecule has 1 rings (SSSR count). The summed E-state index contributed by atoms with van der Waals surface area (Å²) < 4.78 is 42.8. The molecule has 0 saturated carbocycles. The molecular weight excluding hydrogens is 283 g/mol. The molecule has 0 N–H and O–H groups in total. The second kappa shape index (κ2) is 5.93. The van der Waals surface area contributed by atoms with Gasteiger partial charge in [0.2, 0.25) is 0 Å². The van der Waals surface area contributed by atoms with Crippen LogP contribution in [0.15, 0.2) is 12.1 Å². The van der Waals surface area contributed by atoms with Gasteiger partial charge in [0.05, 0.1) is 29.2 Å². The largest absolute Gasteiger partial charge is 0.466 e. The smallest absolute Gasteiger partial charge is 0.417 e. The standard InChI is InChI=1S/C12H9ClF3NO2/c1-2-19-10(18)5-7-3-8(6-17)11(13)9(4-7)12(14,15)16/h3-4H,2,5H2,1H3. The van der Waals surface area contributed by atoms with Crippen molar-refractivity contribution in [3.63, 3.8) is 0 Å². The average molecular weight is 292 g/mol. The van der Waals surface area contributed by atoms with Crippen LogP contribution >= 0.6 is 11.6 Å². The number of halogens is 4. The Bertz CT molecular complexity index is 535. The van der Waals surface area contributed by atoms with E-state index < -0.39 is 22.7 Å². The lowest BCUT2D eigenvalue weighted by Crippen LogP contribution is -2.11. The highest BCUT2D eigenvalue weighted by Gasteiger charge is 2.34. The minimum atomic E-state index is -4.69. The normalized spacial score (nSPS) is 10.9. The number of esters is 1. The molecule has 0 heterocycles. The van der Waals surface area contributed by atoms with Gasteiger partial charge in [-0.15, -0.1) is 0 Å². The topological polar surface area (TPSA) is 50.1 Å². The van der Waals surface area contributed by atoms with Crippen LogP contribution in [0.5, 0.6) is 0 Å². The Morgan fingerprint density at radius 1 is 1.47 bits per heavy atom. The molecule has 0 aromatic heterocycles. The van der Waals surface area contributed by atoms with Crippen molar-refractivity contribution < 1.29 is 22.7 Å². The number of nitrogens with zero attached hydrogens (tertiary/aromatic N) is 1. The summed E-state index contributed by atoms with van der Waals surface area (Å²) in [4.78, 5) is 11.2. The van der Waals surface area contributed by atoms with E-state index in [-0.39, 0.29) is 24.2 Å². The number of hydrogen-bond acceptors (Lipinski definition) is 3. The molecule has 0 aliphatic carbocycles.